The lowest BCUT2D eigenvalue weighted by Crippen LogP contribution is -2.22. The SMILES string of the molecule is CCNC(Cc1ccc(Cl)c(Cl)c1)c1cc2sccc2s1. The van der Waals surface area contributed by atoms with Gasteiger partial charge in [-0.1, -0.05) is 36.2 Å². The van der Waals surface area contributed by atoms with Crippen LogP contribution < -0.4 is 5.32 Å². The molecule has 3 aromatic rings. The monoisotopic (exact) mass is 355 g/mol. The van der Waals surface area contributed by atoms with E-state index in [9.17, 15) is 0 Å². The Kier molecular flexibility index (Phi) is 4.87. The number of rotatable bonds is 5. The molecule has 0 bridgehead atoms. The lowest BCUT2D eigenvalue weighted by Gasteiger charge is -2.16. The van der Waals surface area contributed by atoms with E-state index in [4.69, 9.17) is 23.2 Å². The van der Waals surface area contributed by atoms with E-state index >= 15 is 0 Å². The van der Waals surface area contributed by atoms with Crippen LogP contribution >= 0.6 is 45.9 Å². The van der Waals surface area contributed by atoms with E-state index in [1.54, 1.807) is 11.3 Å². The highest BCUT2D eigenvalue weighted by molar-refractivity contribution is 7.26. The summed E-state index contributed by atoms with van der Waals surface area (Å²) < 4.78 is 2.74. The summed E-state index contributed by atoms with van der Waals surface area (Å²) in [5, 5.41) is 6.95. The number of halogens is 2. The van der Waals surface area contributed by atoms with Crippen LogP contribution in [0.4, 0.5) is 0 Å². The summed E-state index contributed by atoms with van der Waals surface area (Å²) >= 11 is 15.8. The lowest BCUT2D eigenvalue weighted by atomic mass is 10.0. The van der Waals surface area contributed by atoms with E-state index in [0.717, 1.165) is 13.0 Å². The van der Waals surface area contributed by atoms with Crippen LogP contribution in [-0.4, -0.2) is 6.54 Å². The number of benzene rings is 1. The van der Waals surface area contributed by atoms with E-state index < -0.39 is 0 Å². The summed E-state index contributed by atoms with van der Waals surface area (Å²) in [5.74, 6) is 0. The Morgan fingerprint density at radius 3 is 2.67 bits per heavy atom. The normalized spacial score (nSPS) is 12.9. The van der Waals surface area contributed by atoms with E-state index in [0.29, 0.717) is 16.1 Å². The summed E-state index contributed by atoms with van der Waals surface area (Å²) in [5.41, 5.74) is 1.20. The molecule has 0 saturated carbocycles. The minimum absolute atomic E-state index is 0.317. The van der Waals surface area contributed by atoms with Gasteiger partial charge in [0.15, 0.2) is 0 Å². The molecular formula is C16H15Cl2NS2. The average molecular weight is 356 g/mol. The Bertz CT molecular complexity index is 719. The van der Waals surface area contributed by atoms with Gasteiger partial charge in [0.25, 0.3) is 0 Å². The zero-order valence-electron chi connectivity index (χ0n) is 11.5. The lowest BCUT2D eigenvalue weighted by molar-refractivity contribution is 0.558. The fourth-order valence-corrected chi connectivity index (χ4v) is 4.89. The molecule has 2 aromatic heterocycles. The first kappa shape index (κ1) is 15.3. The van der Waals surface area contributed by atoms with E-state index in [2.05, 4.69) is 35.8 Å². The minimum atomic E-state index is 0.317. The third-order valence-corrected chi connectivity index (χ3v) is 6.32. The van der Waals surface area contributed by atoms with Crippen molar-refractivity contribution in [3.05, 3.63) is 56.2 Å². The van der Waals surface area contributed by atoms with Gasteiger partial charge < -0.3 is 5.32 Å². The van der Waals surface area contributed by atoms with Crippen LogP contribution in [-0.2, 0) is 6.42 Å². The highest BCUT2D eigenvalue weighted by Crippen LogP contribution is 2.35. The Morgan fingerprint density at radius 2 is 1.95 bits per heavy atom. The van der Waals surface area contributed by atoms with Crippen LogP contribution in [0.25, 0.3) is 9.40 Å². The Labute approximate surface area is 142 Å². The minimum Gasteiger partial charge on any atom is -0.309 e. The average Bonchev–Trinajstić information content (AvgIpc) is 3.03. The summed E-state index contributed by atoms with van der Waals surface area (Å²) in [6.45, 7) is 3.08. The van der Waals surface area contributed by atoms with Crippen molar-refractivity contribution in [3.8, 4) is 0 Å². The predicted octanol–water partition coefficient (Wildman–Crippen LogP) is 6.16. The summed E-state index contributed by atoms with van der Waals surface area (Å²) in [6.07, 6.45) is 0.915. The zero-order valence-corrected chi connectivity index (χ0v) is 14.7. The van der Waals surface area contributed by atoms with Gasteiger partial charge in [-0.25, -0.2) is 0 Å². The molecule has 21 heavy (non-hydrogen) atoms. The second kappa shape index (κ2) is 6.67. The number of hydrogen-bond donors (Lipinski definition) is 1. The molecule has 0 amide bonds. The molecule has 3 rings (SSSR count). The van der Waals surface area contributed by atoms with Gasteiger partial charge in [-0.15, -0.1) is 22.7 Å². The van der Waals surface area contributed by atoms with Crippen molar-refractivity contribution in [3.63, 3.8) is 0 Å². The van der Waals surface area contributed by atoms with Gasteiger partial charge in [-0.2, -0.15) is 0 Å². The number of thiophene rings is 2. The van der Waals surface area contributed by atoms with Crippen molar-refractivity contribution in [2.45, 2.75) is 19.4 Å². The first-order valence-electron chi connectivity index (χ1n) is 6.81. The van der Waals surface area contributed by atoms with Gasteiger partial charge in [0.05, 0.1) is 10.0 Å². The molecule has 0 aliphatic carbocycles. The van der Waals surface area contributed by atoms with Gasteiger partial charge in [0.1, 0.15) is 0 Å². The molecule has 0 aliphatic rings. The van der Waals surface area contributed by atoms with Crippen LogP contribution in [0.3, 0.4) is 0 Å². The van der Waals surface area contributed by atoms with E-state index in [1.807, 2.05) is 23.5 Å². The molecule has 110 valence electrons. The van der Waals surface area contributed by atoms with Gasteiger partial charge in [0.2, 0.25) is 0 Å². The molecule has 0 aliphatic heterocycles. The standard InChI is InChI=1S/C16H15Cl2NS2/c1-2-19-13(8-10-3-4-11(17)12(18)7-10)15-9-16-14(21-15)5-6-20-16/h3-7,9,13,19H,2,8H2,1H3. The Morgan fingerprint density at radius 1 is 1.10 bits per heavy atom. The van der Waals surface area contributed by atoms with Crippen LogP contribution in [0.1, 0.15) is 23.4 Å². The van der Waals surface area contributed by atoms with Gasteiger partial charge in [0, 0.05) is 20.3 Å². The maximum absolute atomic E-state index is 6.12. The predicted molar refractivity (Wildman–Crippen MR) is 96.3 cm³/mol. The second-order valence-corrected chi connectivity index (χ2v) is 7.74. The van der Waals surface area contributed by atoms with Crippen LogP contribution in [0.5, 0.6) is 0 Å². The maximum Gasteiger partial charge on any atom is 0.0595 e. The van der Waals surface area contributed by atoms with Crippen molar-refractivity contribution in [1.29, 1.82) is 0 Å². The molecule has 1 N–H and O–H groups in total. The summed E-state index contributed by atoms with van der Waals surface area (Å²) in [6, 6.07) is 10.7. The molecule has 0 fully saturated rings. The quantitative estimate of drug-likeness (QED) is 0.577. The van der Waals surface area contributed by atoms with Crippen LogP contribution in [0.2, 0.25) is 10.0 Å². The van der Waals surface area contributed by atoms with Crippen molar-refractivity contribution in [2.75, 3.05) is 6.54 Å². The van der Waals surface area contributed by atoms with Crippen LogP contribution in [0.15, 0.2) is 35.7 Å². The molecule has 0 spiro atoms. The molecule has 1 unspecified atom stereocenters. The molecule has 1 atom stereocenters. The van der Waals surface area contributed by atoms with E-state index in [1.165, 1.54) is 19.8 Å². The molecule has 5 heteroatoms. The molecule has 0 radical (unpaired) electrons. The van der Waals surface area contributed by atoms with Crippen molar-refractivity contribution < 1.29 is 0 Å². The molecule has 0 saturated heterocycles. The number of fused-ring (bicyclic) bond motifs is 1. The number of likely N-dealkylation sites (N-methyl/N-ethyl adjacent to an activating group) is 1. The molecule has 1 nitrogen and oxygen atoms in total. The first-order chi connectivity index (χ1) is 10.2. The van der Waals surface area contributed by atoms with Gasteiger partial charge in [-0.05, 0) is 48.2 Å². The highest BCUT2D eigenvalue weighted by atomic mass is 35.5. The van der Waals surface area contributed by atoms with Crippen molar-refractivity contribution >= 4 is 55.3 Å². The van der Waals surface area contributed by atoms with Crippen molar-refractivity contribution in [2.24, 2.45) is 0 Å². The van der Waals surface area contributed by atoms with Crippen LogP contribution in [0, 0.1) is 0 Å². The van der Waals surface area contributed by atoms with Gasteiger partial charge >= 0.3 is 0 Å². The number of hydrogen-bond acceptors (Lipinski definition) is 3. The Hall–Kier alpha value is -0.580. The second-order valence-electron chi connectivity index (χ2n) is 4.86. The zero-order chi connectivity index (χ0) is 14.8. The van der Waals surface area contributed by atoms with Crippen molar-refractivity contribution in [1.82, 2.24) is 5.32 Å². The highest BCUT2D eigenvalue weighted by Gasteiger charge is 2.15. The largest absolute Gasteiger partial charge is 0.309 e. The number of nitrogens with one attached hydrogen (secondary N) is 1. The fraction of sp³-hybridized carbons (Fsp3) is 0.250. The maximum atomic E-state index is 6.12. The summed E-state index contributed by atoms with van der Waals surface area (Å²) in [7, 11) is 0. The van der Waals surface area contributed by atoms with Gasteiger partial charge in [-0.3, -0.25) is 0 Å². The van der Waals surface area contributed by atoms with E-state index in [-0.39, 0.29) is 0 Å². The third-order valence-electron chi connectivity index (χ3n) is 3.38. The first-order valence-corrected chi connectivity index (χ1v) is 9.27. The Balaban J connectivity index is 1.86. The topological polar surface area (TPSA) is 12.0 Å². The molecule has 2 heterocycles. The summed E-state index contributed by atoms with van der Waals surface area (Å²) in [4.78, 5) is 1.38. The molecule has 1 aromatic carbocycles. The smallest absolute Gasteiger partial charge is 0.0595 e. The molecular weight excluding hydrogens is 341 g/mol. The fourth-order valence-electron chi connectivity index (χ4n) is 2.38. The third kappa shape index (κ3) is 3.43.